The lowest BCUT2D eigenvalue weighted by Crippen LogP contribution is -2.22. The first kappa shape index (κ1) is 10.8. The summed E-state index contributed by atoms with van der Waals surface area (Å²) in [6.45, 7) is 3.54. The van der Waals surface area contributed by atoms with Gasteiger partial charge in [-0.1, -0.05) is 18.2 Å². The molecule has 0 aliphatic carbocycles. The van der Waals surface area contributed by atoms with Crippen LogP contribution in [0.1, 0.15) is 29.8 Å². The van der Waals surface area contributed by atoms with Crippen molar-refractivity contribution in [1.29, 1.82) is 0 Å². The molecule has 4 heteroatoms. The number of carbonyl (C=O) groups is 1. The molecular weight excluding hydrogens is 198 g/mol. The molecule has 0 saturated carbocycles. The average molecular weight is 210 g/mol. The Morgan fingerprint density at radius 1 is 1.36 bits per heavy atom. The van der Waals surface area contributed by atoms with Gasteiger partial charge >= 0.3 is 11.7 Å². The zero-order valence-corrected chi connectivity index (χ0v) is 8.93. The first-order valence-electron chi connectivity index (χ1n) is 4.19. The molecule has 1 aromatic rings. The molecule has 0 atom stereocenters. The van der Waals surface area contributed by atoms with Crippen molar-refractivity contribution in [1.82, 2.24) is 0 Å². The Morgan fingerprint density at radius 3 is 2.43 bits per heavy atom. The topological polar surface area (TPSA) is 60.2 Å². The van der Waals surface area contributed by atoms with Gasteiger partial charge in [-0.25, -0.2) is 0 Å². The molecule has 2 N–H and O–H groups in total. The highest BCUT2D eigenvalue weighted by atomic mass is 32.1. The minimum absolute atomic E-state index is 0.417. The third-order valence-electron chi connectivity index (χ3n) is 2.05. The Kier molecular flexibility index (Phi) is 2.96. The summed E-state index contributed by atoms with van der Waals surface area (Å²) in [5.41, 5.74) is 6.32. The number of hydrogen-bond donors (Lipinski definition) is 1. The third-order valence-corrected chi connectivity index (χ3v) is 2.69. The molecule has 0 saturated heterocycles. The fourth-order valence-corrected chi connectivity index (χ4v) is 1.54. The normalized spacial score (nSPS) is 11.0. The zero-order chi connectivity index (χ0) is 10.8. The van der Waals surface area contributed by atoms with Gasteiger partial charge in [-0.2, -0.15) is 0 Å². The molecule has 0 aliphatic rings. The molecule has 0 unspecified atom stereocenters. The second kappa shape index (κ2) is 3.84. The molecule has 0 spiro atoms. The molecule has 0 radical (unpaired) electrons. The van der Waals surface area contributed by atoms with Crippen molar-refractivity contribution in [2.24, 2.45) is 5.73 Å². The molecule has 74 valence electrons. The van der Waals surface area contributed by atoms with E-state index in [9.17, 15) is 9.00 Å². The Balaban J connectivity index is 3.33. The van der Waals surface area contributed by atoms with E-state index in [4.69, 9.17) is 5.73 Å². The van der Waals surface area contributed by atoms with Gasteiger partial charge in [0.15, 0.2) is 0 Å². The fraction of sp³-hybridized carbons (Fsp3) is 0.300. The maximum absolute atomic E-state index is 11.1. The van der Waals surface area contributed by atoms with Crippen LogP contribution in [0.5, 0.6) is 0 Å². The predicted molar refractivity (Wildman–Crippen MR) is 56.0 cm³/mol. The maximum atomic E-state index is 11.1. The number of rotatable bonds is 3. The first-order valence-corrected chi connectivity index (χ1v) is 4.93. The number of carbonyl (C=O) groups excluding carboxylic acids is 1. The van der Waals surface area contributed by atoms with Crippen molar-refractivity contribution in [2.75, 3.05) is 0 Å². The van der Waals surface area contributed by atoms with E-state index in [0.717, 1.165) is 0 Å². The van der Waals surface area contributed by atoms with E-state index in [1.165, 1.54) is 0 Å². The highest BCUT2D eigenvalue weighted by Gasteiger charge is 2.37. The van der Waals surface area contributed by atoms with Crippen LogP contribution in [0, 0.1) is 0 Å². The van der Waals surface area contributed by atoms with Crippen LogP contribution < -0.4 is 5.73 Å². The van der Waals surface area contributed by atoms with Crippen LogP contribution in [-0.4, -0.2) is 5.91 Å². The van der Waals surface area contributed by atoms with Gasteiger partial charge in [-0.3, -0.25) is 4.79 Å². The smallest absolute Gasteiger partial charge is 0.366 e. The lowest BCUT2D eigenvalue weighted by molar-refractivity contribution is 0.0999. The van der Waals surface area contributed by atoms with E-state index in [0.29, 0.717) is 22.8 Å². The molecule has 1 amide bonds. The van der Waals surface area contributed by atoms with Gasteiger partial charge in [0, 0.05) is 29.2 Å². The first-order chi connectivity index (χ1) is 6.49. The van der Waals surface area contributed by atoms with Crippen LogP contribution in [0.15, 0.2) is 24.3 Å². The summed E-state index contributed by atoms with van der Waals surface area (Å²) in [5, 5.41) is 0. The van der Waals surface area contributed by atoms with Crippen molar-refractivity contribution in [3.05, 3.63) is 35.4 Å². The quantitative estimate of drug-likeness (QED) is 0.767. The molecule has 0 fully saturated rings. The Morgan fingerprint density at radius 2 is 1.93 bits per heavy atom. The molecule has 3 nitrogen and oxygen atoms in total. The molecule has 0 aromatic heterocycles. The molecule has 0 bridgehead atoms. The van der Waals surface area contributed by atoms with E-state index in [2.05, 4.69) is 0 Å². The largest absolute Gasteiger partial charge is 0.469 e. The molecule has 0 heterocycles. The number of hydrogen-bond acceptors (Lipinski definition) is 2. The van der Waals surface area contributed by atoms with Crippen LogP contribution in [0.3, 0.4) is 0 Å². The lowest BCUT2D eigenvalue weighted by Gasteiger charge is -2.09. The van der Waals surface area contributed by atoms with Gasteiger partial charge in [-0.15, -0.1) is 0 Å². The highest BCUT2D eigenvalue weighted by Crippen LogP contribution is 2.25. The van der Waals surface area contributed by atoms with Crippen LogP contribution in [0.2, 0.25) is 0 Å². The number of primary amides is 1. The van der Waals surface area contributed by atoms with Crippen LogP contribution in [0.25, 0.3) is 0 Å². The summed E-state index contributed by atoms with van der Waals surface area (Å²) in [6, 6.07) is 6.91. The summed E-state index contributed by atoms with van der Waals surface area (Å²) in [7, 11) is 0. The lowest BCUT2D eigenvalue weighted by atomic mass is 9.96. The van der Waals surface area contributed by atoms with E-state index in [1.54, 1.807) is 38.1 Å². The van der Waals surface area contributed by atoms with Crippen LogP contribution in [0.4, 0.5) is 0 Å². The van der Waals surface area contributed by atoms with E-state index in [1.807, 2.05) is 0 Å². The average Bonchev–Trinajstić information content (AvgIpc) is 2.18. The van der Waals surface area contributed by atoms with Crippen molar-refractivity contribution < 1.29 is 9.00 Å². The minimum atomic E-state index is -0.633. The van der Waals surface area contributed by atoms with Gasteiger partial charge in [0.1, 0.15) is 0 Å². The number of nitrogens with two attached hydrogens (primary N) is 1. The monoisotopic (exact) mass is 210 g/mol. The third kappa shape index (κ3) is 1.96. The van der Waals surface area contributed by atoms with Gasteiger partial charge in [0.2, 0.25) is 5.91 Å². The van der Waals surface area contributed by atoms with E-state index < -0.39 is 10.7 Å². The second-order valence-corrected chi connectivity index (χ2v) is 4.69. The molecule has 14 heavy (non-hydrogen) atoms. The van der Waals surface area contributed by atoms with E-state index >= 15 is 0 Å². The molecule has 0 aliphatic heterocycles. The highest BCUT2D eigenvalue weighted by molar-refractivity contribution is 7.66. The summed E-state index contributed by atoms with van der Waals surface area (Å²) >= 11 is 0.454. The standard InChI is InChI=1S/C10H11NO2S/c1-10(2,14-13)8-6-4-3-5-7(8)9(11)12/h3-6H,1-2H3,(H-,11,12)/p+1. The summed E-state index contributed by atoms with van der Waals surface area (Å²) in [4.78, 5) is 11.1. The Bertz CT molecular complexity index is 374. The van der Waals surface area contributed by atoms with Crippen molar-refractivity contribution in [2.45, 2.75) is 18.6 Å². The Labute approximate surface area is 86.8 Å². The summed E-state index contributed by atoms with van der Waals surface area (Å²) < 4.78 is 10.3. The van der Waals surface area contributed by atoms with Crippen molar-refractivity contribution >= 4 is 17.6 Å². The van der Waals surface area contributed by atoms with Gasteiger partial charge < -0.3 is 5.73 Å². The van der Waals surface area contributed by atoms with Crippen LogP contribution in [-0.2, 0) is 20.6 Å². The van der Waals surface area contributed by atoms with Gasteiger partial charge in [0.25, 0.3) is 4.75 Å². The zero-order valence-electron chi connectivity index (χ0n) is 8.11. The number of amides is 1. The predicted octanol–water partition coefficient (Wildman–Crippen LogP) is 1.45. The van der Waals surface area contributed by atoms with Crippen molar-refractivity contribution in [3.8, 4) is 0 Å². The SMILES string of the molecule is CC(C)([S+]=O)c1ccccc1C(N)=O. The van der Waals surface area contributed by atoms with Gasteiger partial charge in [0.05, 0.1) is 0 Å². The Hall–Kier alpha value is -1.29. The summed E-state index contributed by atoms with van der Waals surface area (Å²) in [6.07, 6.45) is 0. The van der Waals surface area contributed by atoms with Crippen molar-refractivity contribution in [3.63, 3.8) is 0 Å². The van der Waals surface area contributed by atoms with E-state index in [-0.39, 0.29) is 0 Å². The van der Waals surface area contributed by atoms with Crippen LogP contribution >= 0.6 is 0 Å². The minimum Gasteiger partial charge on any atom is -0.366 e. The number of benzene rings is 1. The summed E-state index contributed by atoms with van der Waals surface area (Å²) in [5.74, 6) is -0.497. The molecular formula is C10H12NO2S+. The fourth-order valence-electron chi connectivity index (χ4n) is 1.27. The second-order valence-electron chi connectivity index (χ2n) is 3.50. The molecule has 1 rings (SSSR count). The van der Waals surface area contributed by atoms with Gasteiger partial charge in [-0.05, 0) is 6.07 Å². The maximum Gasteiger partial charge on any atom is 0.469 e. The molecule has 1 aromatic carbocycles.